The summed E-state index contributed by atoms with van der Waals surface area (Å²) < 4.78 is 254. The first kappa shape index (κ1) is 132. The minimum absolute atomic E-state index is 0.0594. The second-order valence-electron chi connectivity index (χ2n) is 35.8. The van der Waals surface area contributed by atoms with Gasteiger partial charge in [-0.1, -0.05) is 182 Å². The minimum atomic E-state index is -4.20. The van der Waals surface area contributed by atoms with Crippen LogP contribution in [0.3, 0.4) is 0 Å². The number of carbonyl (C=O) groups excluding carboxylic acids is 8. The first-order chi connectivity index (χ1) is 70.5. The summed E-state index contributed by atoms with van der Waals surface area (Å²) in [7, 11) is -16.0. The Bertz CT molecular complexity index is 4340. The number of hydrogen-bond acceptors (Lipinski definition) is 40. The number of ketones is 8. The van der Waals surface area contributed by atoms with Crippen molar-refractivity contribution in [2.75, 3.05) is 216 Å². The van der Waals surface area contributed by atoms with Crippen molar-refractivity contribution in [1.29, 1.82) is 0 Å². The van der Waals surface area contributed by atoms with Crippen LogP contribution in [0.25, 0.3) is 0 Å². The maximum absolute atomic E-state index is 14.9. The Morgan fingerprint density at radius 2 is 0.284 bits per heavy atom. The van der Waals surface area contributed by atoms with Crippen LogP contribution in [0.1, 0.15) is 276 Å². The molecule has 4 aromatic rings. The molecular weight excluding hydrogens is 2090 g/mol. The monoisotopic (exact) mass is 2250 g/mol. The van der Waals surface area contributed by atoms with Crippen LogP contribution < -0.4 is 37.9 Å². The van der Waals surface area contributed by atoms with Crippen molar-refractivity contribution in [3.05, 3.63) is 93.0 Å². The third kappa shape index (κ3) is 43.2. The van der Waals surface area contributed by atoms with Gasteiger partial charge in [-0.3, -0.25) is 74.9 Å². The Balaban J connectivity index is 2.57. The van der Waals surface area contributed by atoms with Crippen LogP contribution in [-0.4, -0.2) is 262 Å². The van der Waals surface area contributed by atoms with Gasteiger partial charge in [0.1, 0.15) is 148 Å². The van der Waals surface area contributed by atoms with E-state index < -0.39 is 233 Å². The van der Waals surface area contributed by atoms with E-state index in [9.17, 15) is 74.9 Å². The number of benzene rings is 4. The van der Waals surface area contributed by atoms with Gasteiger partial charge in [0.15, 0.2) is 46.3 Å². The number of ether oxygens (including phenoxy) is 8. The Labute approximate surface area is 873 Å². The van der Waals surface area contributed by atoms with Crippen LogP contribution in [0, 0.1) is 0 Å². The lowest BCUT2D eigenvalue weighted by Crippen LogP contribution is -2.22. The highest BCUT2D eigenvalue weighted by Gasteiger charge is 2.41. The van der Waals surface area contributed by atoms with Gasteiger partial charge in [0, 0.05) is 206 Å². The predicted molar refractivity (Wildman–Crippen MR) is 561 cm³/mol. The van der Waals surface area contributed by atoms with E-state index in [0.29, 0.717) is 77.0 Å². The largest absolute Gasteiger partial charge is 0.485 e. The summed E-state index contributed by atoms with van der Waals surface area (Å²) in [5, 5.41) is 0. The highest BCUT2D eigenvalue weighted by atomic mass is 31.2. The smallest absolute Gasteiger partial charge is 0.337 e. The molecule has 1 aliphatic carbocycles. The molecule has 0 fully saturated rings. The lowest BCUT2D eigenvalue weighted by molar-refractivity contribution is -0.119. The zero-order valence-corrected chi connectivity index (χ0v) is 97.1. The molecular formula is C100H160O40P8. The summed E-state index contributed by atoms with van der Waals surface area (Å²) >= 11 is 0. The summed E-state index contributed by atoms with van der Waals surface area (Å²) in [6, 6.07) is 12.7. The average molecular weight is 2250 g/mol. The van der Waals surface area contributed by atoms with Gasteiger partial charge in [-0.15, -0.1) is 0 Å². The van der Waals surface area contributed by atoms with Gasteiger partial charge in [-0.05, 0) is 49.9 Å². The Morgan fingerprint density at radius 1 is 0.176 bits per heavy atom. The zero-order chi connectivity index (χ0) is 110. The van der Waals surface area contributed by atoms with E-state index in [0.717, 1.165) is 191 Å². The Morgan fingerprint density at radius 3 is 0.392 bits per heavy atom. The SMILES string of the molecule is CCCCCCCCC1c2cc(c(OCC(=O)CP(=O)(OC)OC)cc2OCC(=O)CP(=O)(OC)OC)C(CCCCCCCC)c2cc(c(OCC(=O)CP(=O)(OC)OC)cc2OCC(=O)CP(=O)(OC)OC)C(CCCCCCCC)c2cc(c(OCC(=O)CP(=O)(OC)OC)cc2OCC(=O)CP(=O)(OC)OC)C(CCCCCCCC)c2cc1c(OCC(=O)CP(=O)(OC)OC)cc2OCC(=O)CP(=O)(OC)OC. The van der Waals surface area contributed by atoms with Crippen LogP contribution in [0.4, 0.5) is 0 Å². The minimum Gasteiger partial charge on any atom is -0.485 e. The molecule has 148 heavy (non-hydrogen) atoms. The van der Waals surface area contributed by atoms with Crippen molar-refractivity contribution < 1.29 is 185 Å². The number of rotatable bonds is 84. The van der Waals surface area contributed by atoms with Crippen LogP contribution in [-0.2, 0) is 147 Å². The topological polar surface area (TPSA) is 495 Å². The molecule has 0 aromatic heterocycles. The lowest BCUT2D eigenvalue weighted by atomic mass is 9.76. The van der Waals surface area contributed by atoms with E-state index in [-0.39, 0.29) is 116 Å². The highest BCUT2D eigenvalue weighted by molar-refractivity contribution is 7.57. The number of hydrogen-bond donors (Lipinski definition) is 0. The fourth-order valence-corrected chi connectivity index (χ4v) is 24.4. The molecule has 5 rings (SSSR count). The molecule has 0 atom stereocenters. The third-order valence-corrected chi connectivity index (χ3v) is 40.3. The van der Waals surface area contributed by atoms with Crippen LogP contribution in [0.15, 0.2) is 48.5 Å². The fraction of sp³-hybridized carbons (Fsp3) is 0.680. The second kappa shape index (κ2) is 67.6. The Kier molecular flexibility index (Phi) is 60.4. The van der Waals surface area contributed by atoms with E-state index in [2.05, 4.69) is 27.7 Å². The van der Waals surface area contributed by atoms with Crippen LogP contribution >= 0.6 is 60.8 Å². The molecule has 0 saturated heterocycles. The summed E-state index contributed by atoms with van der Waals surface area (Å²) in [5.74, 6) is -12.8. The van der Waals surface area contributed by atoms with Crippen LogP contribution in [0.5, 0.6) is 46.0 Å². The van der Waals surface area contributed by atoms with E-state index in [1.54, 1.807) is 24.3 Å². The summed E-state index contributed by atoms with van der Waals surface area (Å²) in [6.07, 6.45) is 9.70. The first-order valence-electron chi connectivity index (χ1n) is 50.1. The van der Waals surface area contributed by atoms with Crippen molar-refractivity contribution in [2.24, 2.45) is 0 Å². The quantitative estimate of drug-likeness (QED) is 0.0293. The van der Waals surface area contributed by atoms with Gasteiger partial charge in [0.25, 0.3) is 0 Å². The van der Waals surface area contributed by atoms with E-state index in [4.69, 9.17) is 110 Å². The number of fused-ring (bicyclic) bond motifs is 8. The second-order valence-corrected chi connectivity index (χ2v) is 54.0. The molecule has 1 aliphatic rings. The molecule has 0 aliphatic heterocycles. The maximum atomic E-state index is 14.9. The van der Waals surface area contributed by atoms with Crippen molar-refractivity contribution >= 4 is 107 Å². The van der Waals surface area contributed by atoms with E-state index in [1.807, 2.05) is 0 Å². The molecule has 8 bridgehead atoms. The van der Waals surface area contributed by atoms with E-state index >= 15 is 0 Å². The van der Waals surface area contributed by atoms with Gasteiger partial charge in [0.05, 0.1) is 0 Å². The average Bonchev–Trinajstić information content (AvgIpc) is 0.742. The van der Waals surface area contributed by atoms with Crippen molar-refractivity contribution in [2.45, 2.75) is 231 Å². The zero-order valence-electron chi connectivity index (χ0n) is 89.9. The molecule has 0 amide bonds. The summed E-state index contributed by atoms with van der Waals surface area (Å²) in [4.78, 5) is 119. The van der Waals surface area contributed by atoms with Crippen molar-refractivity contribution in [1.82, 2.24) is 0 Å². The van der Waals surface area contributed by atoms with Crippen molar-refractivity contribution in [3.8, 4) is 46.0 Å². The normalized spacial score (nSPS) is 14.8. The fourth-order valence-electron chi connectivity index (χ4n) is 17.0. The molecule has 40 nitrogen and oxygen atoms in total. The standard InChI is InChI=1S/C100H160O40P8/c1-21-25-29-33-37-41-45-81-85-49-87(95(135-59-75(103)67-143(111,121-9)122-10)53-93(85)133-57-73(101)65-141(109,117-5)118-6)82(46-42-38-34-30-26-22-2)89-51-91(99(139-63-79(107)71-147(115,129-17)130-18)55-97(89)137-61-77(105)69-145(113,125-13)126-14)84(48-44-40-36-32-28-24-4)92-52-90(98(138-62-78(106)70-146(114,127-15)128-16)56-100(92)140-64-80(108)72-148(116,131-19)132-20)83(47-43-39-35-31-27-23-3)88-50-86(81)94(134-58-74(102)66-142(110,119-7)120-8)54-96(88)136-60-76(104)68-144(112,123-11)124-12/h49-56,81-84H,21-48,57-72H2,1-20H3. The first-order valence-corrected chi connectivity index (χ1v) is 63.9. The summed E-state index contributed by atoms with van der Waals surface area (Å²) in [6.45, 7) is 1.05. The van der Waals surface area contributed by atoms with Gasteiger partial charge in [-0.25, -0.2) is 0 Å². The van der Waals surface area contributed by atoms with Gasteiger partial charge >= 0.3 is 60.8 Å². The Hall–Kier alpha value is -6.16. The van der Waals surface area contributed by atoms with Crippen molar-refractivity contribution in [3.63, 3.8) is 0 Å². The predicted octanol–water partition coefficient (Wildman–Crippen LogP) is 23.0. The number of carbonyl (C=O) groups is 8. The number of unbranched alkanes of at least 4 members (excludes halogenated alkanes) is 20. The molecule has 840 valence electrons. The molecule has 0 heterocycles. The molecule has 0 saturated carbocycles. The molecule has 0 unspecified atom stereocenters. The molecule has 0 radical (unpaired) electrons. The lowest BCUT2D eigenvalue weighted by Gasteiger charge is -2.32. The highest BCUT2D eigenvalue weighted by Crippen LogP contribution is 2.58. The van der Waals surface area contributed by atoms with Crippen LogP contribution in [0.2, 0.25) is 0 Å². The number of Topliss-reactive ketones (excluding diaryl/α,β-unsaturated/α-hetero) is 8. The molecule has 0 N–H and O–H groups in total. The molecule has 0 spiro atoms. The third-order valence-electron chi connectivity index (χ3n) is 25.5. The molecule has 48 heteroatoms. The van der Waals surface area contributed by atoms with E-state index in [1.165, 1.54) is 24.3 Å². The van der Waals surface area contributed by atoms with Gasteiger partial charge < -0.3 is 110 Å². The van der Waals surface area contributed by atoms with Gasteiger partial charge in [0.2, 0.25) is 0 Å². The molecule has 4 aromatic carbocycles. The van der Waals surface area contributed by atoms with Gasteiger partial charge in [-0.2, -0.15) is 0 Å². The summed E-state index contributed by atoms with van der Waals surface area (Å²) in [5.41, 5.74) is 1.49. The maximum Gasteiger partial charge on any atom is 0.337 e.